The van der Waals surface area contributed by atoms with Crippen LogP contribution in [0.5, 0.6) is 11.5 Å². The molecule has 7 heteroatoms. The average Bonchev–Trinajstić information content (AvgIpc) is 2.59. The topological polar surface area (TPSA) is 52.0 Å². The lowest BCUT2D eigenvalue weighted by atomic mass is 10.2. The fourth-order valence-electron chi connectivity index (χ4n) is 2.57. The number of hydrogen-bond acceptors (Lipinski definition) is 3. The third-order valence-electron chi connectivity index (χ3n) is 3.70. The highest BCUT2D eigenvalue weighted by Crippen LogP contribution is 2.27. The Morgan fingerprint density at radius 1 is 1.15 bits per heavy atom. The van der Waals surface area contributed by atoms with Crippen molar-refractivity contribution in [2.75, 3.05) is 32.6 Å². The van der Waals surface area contributed by atoms with Gasteiger partial charge in [-0.25, -0.2) is 8.78 Å². The van der Waals surface area contributed by atoms with Crippen molar-refractivity contribution in [1.82, 2.24) is 0 Å². The zero-order valence-electron chi connectivity index (χ0n) is 15.1. The second-order valence-electron chi connectivity index (χ2n) is 5.90. The van der Waals surface area contributed by atoms with E-state index in [0.29, 0.717) is 24.7 Å². The number of anilines is 1. The Morgan fingerprint density at radius 2 is 1.92 bits per heavy atom. The smallest absolute Gasteiger partial charge is 0.279 e. The van der Waals surface area contributed by atoms with Gasteiger partial charge < -0.3 is 19.7 Å². The van der Waals surface area contributed by atoms with Gasteiger partial charge >= 0.3 is 0 Å². The van der Waals surface area contributed by atoms with E-state index in [1.165, 1.54) is 0 Å². The SMILES string of the molecule is CCOc1ccc(C[NH+](C)CC(=O)Nc2cc(F)ccc2F)cc1OC. The Balaban J connectivity index is 1.96. The van der Waals surface area contributed by atoms with E-state index in [1.54, 1.807) is 7.11 Å². The van der Waals surface area contributed by atoms with Crippen LogP contribution < -0.4 is 19.7 Å². The minimum Gasteiger partial charge on any atom is -0.493 e. The van der Waals surface area contributed by atoms with Crippen LogP contribution in [0.3, 0.4) is 0 Å². The van der Waals surface area contributed by atoms with Gasteiger partial charge in [-0.2, -0.15) is 0 Å². The quantitative estimate of drug-likeness (QED) is 0.753. The van der Waals surface area contributed by atoms with Crippen LogP contribution in [0, 0.1) is 11.6 Å². The summed E-state index contributed by atoms with van der Waals surface area (Å²) in [4.78, 5) is 13.0. The molecule has 2 N–H and O–H groups in total. The van der Waals surface area contributed by atoms with Crippen molar-refractivity contribution >= 4 is 11.6 Å². The lowest BCUT2D eigenvalue weighted by Gasteiger charge is -2.16. The minimum atomic E-state index is -0.673. The average molecular weight is 365 g/mol. The van der Waals surface area contributed by atoms with Gasteiger partial charge in [-0.3, -0.25) is 4.79 Å². The molecule has 0 aliphatic rings. The maximum Gasteiger partial charge on any atom is 0.279 e. The van der Waals surface area contributed by atoms with Crippen molar-refractivity contribution in [1.29, 1.82) is 0 Å². The van der Waals surface area contributed by atoms with Crippen molar-refractivity contribution in [3.8, 4) is 11.5 Å². The summed E-state index contributed by atoms with van der Waals surface area (Å²) in [5, 5.41) is 2.40. The predicted octanol–water partition coefficient (Wildman–Crippen LogP) is 2.03. The molecule has 0 bridgehead atoms. The first-order chi connectivity index (χ1) is 12.4. The molecule has 2 aromatic rings. The van der Waals surface area contributed by atoms with E-state index < -0.39 is 17.5 Å². The molecule has 0 heterocycles. The number of halogens is 2. The van der Waals surface area contributed by atoms with Gasteiger partial charge in [0.1, 0.15) is 18.2 Å². The largest absolute Gasteiger partial charge is 0.493 e. The first kappa shape index (κ1) is 19.7. The number of nitrogens with one attached hydrogen (secondary N) is 2. The molecule has 26 heavy (non-hydrogen) atoms. The molecule has 0 saturated carbocycles. The molecule has 0 aliphatic heterocycles. The third-order valence-corrected chi connectivity index (χ3v) is 3.70. The Hall–Kier alpha value is -2.67. The van der Waals surface area contributed by atoms with Gasteiger partial charge in [0, 0.05) is 11.6 Å². The molecule has 1 amide bonds. The van der Waals surface area contributed by atoms with E-state index in [-0.39, 0.29) is 12.2 Å². The summed E-state index contributed by atoms with van der Waals surface area (Å²) in [7, 11) is 3.41. The molecule has 1 unspecified atom stereocenters. The minimum absolute atomic E-state index is 0.103. The molecule has 0 spiro atoms. The highest BCUT2D eigenvalue weighted by Gasteiger charge is 2.14. The second kappa shape index (κ2) is 9.15. The number of likely N-dealkylation sites (N-methyl/N-ethyl adjacent to an activating group) is 1. The van der Waals surface area contributed by atoms with Crippen LogP contribution >= 0.6 is 0 Å². The second-order valence-corrected chi connectivity index (χ2v) is 5.90. The lowest BCUT2D eigenvalue weighted by molar-refractivity contribution is -0.885. The summed E-state index contributed by atoms with van der Waals surface area (Å²) in [6.07, 6.45) is 0. The summed E-state index contributed by atoms with van der Waals surface area (Å²) < 4.78 is 37.5. The summed E-state index contributed by atoms with van der Waals surface area (Å²) in [6.45, 7) is 3.09. The summed E-state index contributed by atoms with van der Waals surface area (Å²) in [5.74, 6) is -0.387. The number of ether oxygens (including phenoxy) is 2. The molecule has 1 atom stereocenters. The van der Waals surface area contributed by atoms with E-state index in [1.807, 2.05) is 32.2 Å². The molecule has 0 saturated heterocycles. The van der Waals surface area contributed by atoms with Crippen LogP contribution in [0.15, 0.2) is 36.4 Å². The number of hydrogen-bond donors (Lipinski definition) is 2. The normalized spacial score (nSPS) is 11.7. The van der Waals surface area contributed by atoms with Gasteiger partial charge in [0.2, 0.25) is 0 Å². The van der Waals surface area contributed by atoms with Crippen LogP contribution in [0.2, 0.25) is 0 Å². The third kappa shape index (κ3) is 5.42. The van der Waals surface area contributed by atoms with Crippen molar-refractivity contribution < 1.29 is 27.9 Å². The molecule has 140 valence electrons. The molecular formula is C19H23F2N2O3+. The van der Waals surface area contributed by atoms with Crippen molar-refractivity contribution in [2.24, 2.45) is 0 Å². The van der Waals surface area contributed by atoms with Crippen molar-refractivity contribution in [3.05, 3.63) is 53.6 Å². The molecule has 2 aromatic carbocycles. The number of carbonyl (C=O) groups excluding carboxylic acids is 1. The fourth-order valence-corrected chi connectivity index (χ4v) is 2.57. The standard InChI is InChI=1S/C19H22F2N2O3/c1-4-26-17-8-5-13(9-18(17)25-3)11-23(2)12-19(24)22-16-10-14(20)6-7-15(16)21/h5-10H,4,11-12H2,1-3H3,(H,22,24)/p+1. The first-order valence-corrected chi connectivity index (χ1v) is 8.28. The van der Waals surface area contributed by atoms with E-state index in [2.05, 4.69) is 5.32 Å². The molecule has 0 aromatic heterocycles. The van der Waals surface area contributed by atoms with Crippen LogP contribution in [0.1, 0.15) is 12.5 Å². The number of carbonyl (C=O) groups is 1. The molecule has 5 nitrogen and oxygen atoms in total. The van der Waals surface area contributed by atoms with Crippen LogP contribution in [-0.2, 0) is 11.3 Å². The van der Waals surface area contributed by atoms with Gasteiger partial charge in [0.05, 0.1) is 26.5 Å². The van der Waals surface area contributed by atoms with Crippen molar-refractivity contribution in [3.63, 3.8) is 0 Å². The Kier molecular flexibility index (Phi) is 6.91. The van der Waals surface area contributed by atoms with E-state index in [9.17, 15) is 13.6 Å². The maximum absolute atomic E-state index is 13.6. The maximum atomic E-state index is 13.6. The fraction of sp³-hybridized carbons (Fsp3) is 0.316. The Labute approximate surface area is 151 Å². The summed E-state index contributed by atoms with van der Waals surface area (Å²) in [6, 6.07) is 8.53. The van der Waals surface area contributed by atoms with Crippen LogP contribution in [0.4, 0.5) is 14.5 Å². The van der Waals surface area contributed by atoms with Gasteiger partial charge in [-0.05, 0) is 37.3 Å². The number of rotatable bonds is 8. The molecule has 0 fully saturated rings. The predicted molar refractivity (Wildman–Crippen MR) is 94.6 cm³/mol. The molecule has 2 rings (SSSR count). The highest BCUT2D eigenvalue weighted by atomic mass is 19.1. The summed E-state index contributed by atoms with van der Waals surface area (Å²) >= 11 is 0. The van der Waals surface area contributed by atoms with Crippen LogP contribution in [0.25, 0.3) is 0 Å². The Morgan fingerprint density at radius 3 is 2.62 bits per heavy atom. The lowest BCUT2D eigenvalue weighted by Crippen LogP contribution is -3.08. The van der Waals surface area contributed by atoms with Gasteiger partial charge in [0.15, 0.2) is 18.0 Å². The van der Waals surface area contributed by atoms with E-state index >= 15 is 0 Å². The van der Waals surface area contributed by atoms with Gasteiger partial charge in [0.25, 0.3) is 5.91 Å². The monoisotopic (exact) mass is 365 g/mol. The van der Waals surface area contributed by atoms with Crippen LogP contribution in [-0.4, -0.2) is 33.2 Å². The zero-order chi connectivity index (χ0) is 19.1. The highest BCUT2D eigenvalue weighted by molar-refractivity contribution is 5.91. The number of amides is 1. The van der Waals surface area contributed by atoms with Crippen molar-refractivity contribution in [2.45, 2.75) is 13.5 Å². The van der Waals surface area contributed by atoms with E-state index in [4.69, 9.17) is 9.47 Å². The van der Waals surface area contributed by atoms with Gasteiger partial charge in [-0.1, -0.05) is 0 Å². The van der Waals surface area contributed by atoms with E-state index in [0.717, 1.165) is 28.7 Å². The zero-order valence-corrected chi connectivity index (χ0v) is 15.1. The number of benzene rings is 2. The first-order valence-electron chi connectivity index (χ1n) is 8.28. The van der Waals surface area contributed by atoms with Gasteiger partial charge in [-0.15, -0.1) is 0 Å². The number of quaternary nitrogens is 1. The molecule has 0 aliphatic carbocycles. The Bertz CT molecular complexity index is 768. The molecule has 0 radical (unpaired) electrons. The number of methoxy groups -OCH3 is 1. The summed E-state index contributed by atoms with van der Waals surface area (Å²) in [5.41, 5.74) is 0.804. The molecular weight excluding hydrogens is 342 g/mol.